The van der Waals surface area contributed by atoms with E-state index in [2.05, 4.69) is 0 Å². The molecule has 0 aromatic heterocycles. The van der Waals surface area contributed by atoms with Crippen molar-refractivity contribution in [3.05, 3.63) is 0 Å². The Morgan fingerprint density at radius 2 is 2.00 bits per heavy atom. The molecule has 1 N–H and O–H groups in total. The molecular weight excluding hydrogens is 204 g/mol. The SMILES string of the molecule is CN1CC(C2CCCCC2)N(CCO)C1=O. The van der Waals surface area contributed by atoms with Crippen molar-refractivity contribution in [2.75, 3.05) is 26.7 Å². The van der Waals surface area contributed by atoms with Crippen LogP contribution in [0.5, 0.6) is 0 Å². The molecule has 92 valence electrons. The van der Waals surface area contributed by atoms with Crippen LogP contribution in [0.15, 0.2) is 0 Å². The van der Waals surface area contributed by atoms with E-state index in [0.717, 1.165) is 6.54 Å². The van der Waals surface area contributed by atoms with E-state index in [-0.39, 0.29) is 12.6 Å². The number of aliphatic hydroxyl groups is 1. The number of amides is 2. The molecule has 0 spiro atoms. The summed E-state index contributed by atoms with van der Waals surface area (Å²) >= 11 is 0. The first-order chi connectivity index (χ1) is 7.74. The second-order valence-corrected chi connectivity index (χ2v) is 5.05. The number of urea groups is 1. The number of hydrogen-bond donors (Lipinski definition) is 1. The minimum Gasteiger partial charge on any atom is -0.395 e. The van der Waals surface area contributed by atoms with Gasteiger partial charge in [0.1, 0.15) is 0 Å². The molecule has 1 heterocycles. The minimum absolute atomic E-state index is 0.0722. The summed E-state index contributed by atoms with van der Waals surface area (Å²) in [7, 11) is 1.86. The molecule has 1 unspecified atom stereocenters. The Morgan fingerprint density at radius 1 is 1.31 bits per heavy atom. The zero-order valence-corrected chi connectivity index (χ0v) is 10.1. The number of likely N-dealkylation sites (N-methyl/N-ethyl adjacent to an activating group) is 1. The molecule has 2 amide bonds. The quantitative estimate of drug-likeness (QED) is 0.788. The molecular formula is C12H22N2O2. The summed E-state index contributed by atoms with van der Waals surface area (Å²) in [5.41, 5.74) is 0. The zero-order valence-electron chi connectivity index (χ0n) is 10.1. The Bertz CT molecular complexity index is 251. The van der Waals surface area contributed by atoms with Crippen molar-refractivity contribution >= 4 is 6.03 Å². The fourth-order valence-corrected chi connectivity index (χ4v) is 3.11. The van der Waals surface area contributed by atoms with Crippen LogP contribution < -0.4 is 0 Å². The number of nitrogens with zero attached hydrogens (tertiary/aromatic N) is 2. The van der Waals surface area contributed by atoms with E-state index in [9.17, 15) is 4.79 Å². The molecule has 1 saturated carbocycles. The van der Waals surface area contributed by atoms with Gasteiger partial charge in [0.15, 0.2) is 0 Å². The Morgan fingerprint density at radius 3 is 2.62 bits per heavy atom. The van der Waals surface area contributed by atoms with Crippen LogP contribution in [0.25, 0.3) is 0 Å². The maximum absolute atomic E-state index is 11.9. The van der Waals surface area contributed by atoms with Gasteiger partial charge < -0.3 is 14.9 Å². The Balaban J connectivity index is 2.03. The highest BCUT2D eigenvalue weighted by molar-refractivity contribution is 5.76. The maximum Gasteiger partial charge on any atom is 0.320 e. The Kier molecular flexibility index (Phi) is 3.69. The van der Waals surface area contributed by atoms with Crippen molar-refractivity contribution in [2.24, 2.45) is 5.92 Å². The normalized spacial score (nSPS) is 27.9. The van der Waals surface area contributed by atoms with Gasteiger partial charge in [-0.3, -0.25) is 0 Å². The topological polar surface area (TPSA) is 43.8 Å². The van der Waals surface area contributed by atoms with Gasteiger partial charge in [-0.2, -0.15) is 0 Å². The fraction of sp³-hybridized carbons (Fsp3) is 0.917. The third-order valence-corrected chi connectivity index (χ3v) is 3.97. The Hall–Kier alpha value is -0.770. The van der Waals surface area contributed by atoms with Gasteiger partial charge in [-0.25, -0.2) is 4.79 Å². The van der Waals surface area contributed by atoms with E-state index in [1.54, 1.807) is 4.90 Å². The number of aliphatic hydroxyl groups excluding tert-OH is 1. The van der Waals surface area contributed by atoms with Crippen molar-refractivity contribution in [3.8, 4) is 0 Å². The molecule has 0 radical (unpaired) electrons. The predicted octanol–water partition coefficient (Wildman–Crippen LogP) is 1.29. The van der Waals surface area contributed by atoms with Gasteiger partial charge in [0.05, 0.1) is 12.6 Å². The number of β-amino-alcohol motifs (C(OH)–C–C–N with tert-alkyl or cyclic N) is 1. The highest BCUT2D eigenvalue weighted by atomic mass is 16.3. The fourth-order valence-electron chi connectivity index (χ4n) is 3.11. The van der Waals surface area contributed by atoms with Gasteiger partial charge in [0.2, 0.25) is 0 Å². The van der Waals surface area contributed by atoms with Crippen LogP contribution in [0.1, 0.15) is 32.1 Å². The monoisotopic (exact) mass is 226 g/mol. The summed E-state index contributed by atoms with van der Waals surface area (Å²) in [5, 5.41) is 9.03. The molecule has 1 atom stereocenters. The molecule has 2 fully saturated rings. The average Bonchev–Trinajstić information content (AvgIpc) is 2.59. The lowest BCUT2D eigenvalue weighted by Gasteiger charge is -2.32. The largest absolute Gasteiger partial charge is 0.395 e. The van der Waals surface area contributed by atoms with Crippen molar-refractivity contribution in [3.63, 3.8) is 0 Å². The summed E-state index contributed by atoms with van der Waals surface area (Å²) in [4.78, 5) is 15.5. The highest BCUT2D eigenvalue weighted by Gasteiger charge is 2.39. The molecule has 1 saturated heterocycles. The minimum atomic E-state index is 0.0722. The van der Waals surface area contributed by atoms with E-state index in [1.165, 1.54) is 32.1 Å². The van der Waals surface area contributed by atoms with Crippen LogP contribution in [-0.4, -0.2) is 53.7 Å². The molecule has 4 nitrogen and oxygen atoms in total. The van der Waals surface area contributed by atoms with Crippen molar-refractivity contribution < 1.29 is 9.90 Å². The van der Waals surface area contributed by atoms with Gasteiger partial charge in [0.25, 0.3) is 0 Å². The third kappa shape index (κ3) is 2.17. The molecule has 1 aliphatic carbocycles. The predicted molar refractivity (Wildman–Crippen MR) is 62.2 cm³/mol. The summed E-state index contributed by atoms with van der Waals surface area (Å²) in [6.45, 7) is 1.40. The van der Waals surface area contributed by atoms with Crippen LogP contribution in [-0.2, 0) is 0 Å². The molecule has 2 aliphatic rings. The van der Waals surface area contributed by atoms with Gasteiger partial charge >= 0.3 is 6.03 Å². The first kappa shape index (κ1) is 11.7. The summed E-state index contributed by atoms with van der Waals surface area (Å²) in [6, 6.07) is 0.426. The second kappa shape index (κ2) is 5.04. The molecule has 2 rings (SSSR count). The van der Waals surface area contributed by atoms with Gasteiger partial charge in [-0.1, -0.05) is 19.3 Å². The van der Waals surface area contributed by atoms with E-state index in [4.69, 9.17) is 5.11 Å². The van der Waals surface area contributed by atoms with E-state index in [1.807, 2.05) is 11.9 Å². The van der Waals surface area contributed by atoms with Crippen molar-refractivity contribution in [1.29, 1.82) is 0 Å². The maximum atomic E-state index is 11.9. The smallest absolute Gasteiger partial charge is 0.320 e. The van der Waals surface area contributed by atoms with Crippen LogP contribution in [0.4, 0.5) is 4.79 Å². The molecule has 0 bridgehead atoms. The number of carbonyl (C=O) groups excluding carboxylic acids is 1. The van der Waals surface area contributed by atoms with E-state index >= 15 is 0 Å². The third-order valence-electron chi connectivity index (χ3n) is 3.97. The van der Waals surface area contributed by atoms with Crippen LogP contribution in [0.2, 0.25) is 0 Å². The van der Waals surface area contributed by atoms with E-state index in [0.29, 0.717) is 18.5 Å². The molecule has 1 aliphatic heterocycles. The second-order valence-electron chi connectivity index (χ2n) is 5.05. The van der Waals surface area contributed by atoms with Gasteiger partial charge in [-0.15, -0.1) is 0 Å². The molecule has 0 aromatic rings. The number of carbonyl (C=O) groups is 1. The average molecular weight is 226 g/mol. The van der Waals surface area contributed by atoms with Crippen LogP contribution in [0.3, 0.4) is 0 Å². The van der Waals surface area contributed by atoms with Crippen molar-refractivity contribution in [2.45, 2.75) is 38.1 Å². The standard InChI is InChI=1S/C12H22N2O2/c1-13-9-11(10-5-3-2-4-6-10)14(7-8-15)12(13)16/h10-11,15H,2-9H2,1H3. The van der Waals surface area contributed by atoms with Gasteiger partial charge in [0, 0.05) is 20.1 Å². The molecule has 16 heavy (non-hydrogen) atoms. The van der Waals surface area contributed by atoms with Crippen molar-refractivity contribution in [1.82, 2.24) is 9.80 Å². The first-order valence-corrected chi connectivity index (χ1v) is 6.36. The lowest BCUT2D eigenvalue weighted by atomic mass is 9.83. The van der Waals surface area contributed by atoms with Crippen LogP contribution in [0, 0.1) is 5.92 Å². The number of hydrogen-bond acceptors (Lipinski definition) is 2. The lowest BCUT2D eigenvalue weighted by molar-refractivity contribution is 0.142. The number of rotatable bonds is 3. The summed E-state index contributed by atoms with van der Waals surface area (Å²) < 4.78 is 0. The first-order valence-electron chi connectivity index (χ1n) is 6.36. The lowest BCUT2D eigenvalue weighted by Crippen LogP contribution is -2.41. The van der Waals surface area contributed by atoms with Crippen LogP contribution >= 0.6 is 0 Å². The summed E-state index contributed by atoms with van der Waals surface area (Å²) in [5.74, 6) is 0.647. The zero-order chi connectivity index (χ0) is 11.5. The molecule has 4 heteroatoms. The van der Waals surface area contributed by atoms with E-state index < -0.39 is 0 Å². The Labute approximate surface area is 97.2 Å². The summed E-state index contributed by atoms with van der Waals surface area (Å²) in [6.07, 6.45) is 6.42. The van der Waals surface area contributed by atoms with Gasteiger partial charge in [-0.05, 0) is 18.8 Å². The highest BCUT2D eigenvalue weighted by Crippen LogP contribution is 2.32. The molecule has 0 aromatic carbocycles.